The van der Waals surface area contributed by atoms with Gasteiger partial charge in [0.2, 0.25) is 0 Å². The Bertz CT molecular complexity index is 837. The smallest absolute Gasteiger partial charge is 0.313 e. The van der Waals surface area contributed by atoms with Crippen molar-refractivity contribution in [2.24, 2.45) is 11.8 Å². The van der Waals surface area contributed by atoms with Crippen LogP contribution in [0.25, 0.3) is 0 Å². The summed E-state index contributed by atoms with van der Waals surface area (Å²) in [7, 11) is 0. The molecule has 0 radical (unpaired) electrons. The van der Waals surface area contributed by atoms with Gasteiger partial charge in [0.15, 0.2) is 0 Å². The summed E-state index contributed by atoms with van der Waals surface area (Å²) in [6.07, 6.45) is 2.30. The first-order valence-corrected chi connectivity index (χ1v) is 9.25. The number of nitrogens with two attached hydrogens (primary N) is 1. The van der Waals surface area contributed by atoms with Crippen LogP contribution in [-0.2, 0) is 9.59 Å². The Morgan fingerprint density at radius 1 is 1.19 bits per heavy atom. The Labute approximate surface area is 159 Å². The summed E-state index contributed by atoms with van der Waals surface area (Å²) >= 11 is 0. The molecule has 27 heavy (non-hydrogen) atoms. The fraction of sp³-hybridized carbons (Fsp3) is 0.381. The van der Waals surface area contributed by atoms with Gasteiger partial charge >= 0.3 is 11.8 Å². The molecule has 1 aromatic heterocycles. The number of hydrogen-bond acceptors (Lipinski definition) is 4. The summed E-state index contributed by atoms with van der Waals surface area (Å²) < 4.78 is 0. The molecule has 3 rings (SSSR count). The molecule has 0 bridgehead atoms. The molecule has 2 aromatic rings. The Morgan fingerprint density at radius 3 is 2.56 bits per heavy atom. The maximum Gasteiger partial charge on any atom is 0.313 e. The predicted octanol–water partition coefficient (Wildman–Crippen LogP) is 3.16. The summed E-state index contributed by atoms with van der Waals surface area (Å²) in [5, 5.41) is 2.66. The van der Waals surface area contributed by atoms with Crippen molar-refractivity contribution in [2.45, 2.75) is 33.2 Å². The van der Waals surface area contributed by atoms with Crippen molar-refractivity contribution in [1.82, 2.24) is 9.88 Å². The molecule has 1 aromatic carbocycles. The average Bonchev–Trinajstić information content (AvgIpc) is 2.66. The maximum absolute atomic E-state index is 13.0. The summed E-state index contributed by atoms with van der Waals surface area (Å²) in [6.45, 7) is 6.69. The van der Waals surface area contributed by atoms with Gasteiger partial charge in [0, 0.05) is 6.54 Å². The number of aromatic nitrogens is 1. The van der Waals surface area contributed by atoms with Crippen molar-refractivity contribution in [2.75, 3.05) is 17.6 Å². The second-order valence-corrected chi connectivity index (χ2v) is 7.45. The normalized spacial score (nSPS) is 22.3. The lowest BCUT2D eigenvalue weighted by atomic mass is 9.82. The van der Waals surface area contributed by atoms with Gasteiger partial charge in [-0.05, 0) is 42.4 Å². The minimum absolute atomic E-state index is 0.0954. The van der Waals surface area contributed by atoms with E-state index in [9.17, 15) is 9.59 Å². The second-order valence-electron chi connectivity index (χ2n) is 7.45. The monoisotopic (exact) mass is 366 g/mol. The number of anilines is 2. The topological polar surface area (TPSA) is 88.3 Å². The first-order valence-electron chi connectivity index (χ1n) is 9.25. The van der Waals surface area contributed by atoms with Crippen molar-refractivity contribution in [3.63, 3.8) is 0 Å². The van der Waals surface area contributed by atoms with E-state index >= 15 is 0 Å². The number of amides is 2. The van der Waals surface area contributed by atoms with Crippen LogP contribution in [0.15, 0.2) is 42.6 Å². The highest BCUT2D eigenvalue weighted by Crippen LogP contribution is 2.36. The number of hydrogen-bond donors (Lipinski definition) is 2. The third-order valence-corrected chi connectivity index (χ3v) is 5.44. The summed E-state index contributed by atoms with van der Waals surface area (Å²) in [5.41, 5.74) is 7.99. The van der Waals surface area contributed by atoms with E-state index in [2.05, 4.69) is 24.1 Å². The lowest BCUT2D eigenvalue weighted by molar-refractivity contribution is -0.147. The number of benzene rings is 1. The number of likely N-dealkylation sites (tertiary alicyclic amines) is 1. The number of nitrogens with zero attached hydrogens (tertiary/aromatic N) is 2. The van der Waals surface area contributed by atoms with E-state index < -0.39 is 11.8 Å². The van der Waals surface area contributed by atoms with Gasteiger partial charge in [-0.2, -0.15) is 0 Å². The lowest BCUT2D eigenvalue weighted by Crippen LogP contribution is -2.48. The van der Waals surface area contributed by atoms with Crippen LogP contribution in [0.2, 0.25) is 0 Å². The zero-order valence-electron chi connectivity index (χ0n) is 16.0. The summed E-state index contributed by atoms with van der Waals surface area (Å²) in [6, 6.07) is 11.5. The molecule has 3 N–H and O–H groups in total. The van der Waals surface area contributed by atoms with E-state index in [1.54, 1.807) is 17.9 Å². The highest BCUT2D eigenvalue weighted by atomic mass is 16.2. The van der Waals surface area contributed by atoms with Crippen LogP contribution in [0.1, 0.15) is 37.4 Å². The Balaban J connectivity index is 1.81. The van der Waals surface area contributed by atoms with E-state index in [1.165, 1.54) is 6.20 Å². The van der Waals surface area contributed by atoms with Gasteiger partial charge in [-0.15, -0.1) is 0 Å². The van der Waals surface area contributed by atoms with Crippen molar-refractivity contribution in [3.8, 4) is 0 Å². The first kappa shape index (κ1) is 18.9. The lowest BCUT2D eigenvalue weighted by Gasteiger charge is -2.42. The molecule has 2 amide bonds. The van der Waals surface area contributed by atoms with Gasteiger partial charge in [-0.1, -0.05) is 44.2 Å². The maximum atomic E-state index is 13.0. The highest BCUT2D eigenvalue weighted by Gasteiger charge is 2.37. The van der Waals surface area contributed by atoms with Gasteiger partial charge in [0.25, 0.3) is 0 Å². The van der Waals surface area contributed by atoms with Crippen molar-refractivity contribution in [1.29, 1.82) is 0 Å². The van der Waals surface area contributed by atoms with E-state index in [-0.39, 0.29) is 6.04 Å². The molecule has 3 atom stereocenters. The quantitative estimate of drug-likeness (QED) is 0.799. The van der Waals surface area contributed by atoms with Gasteiger partial charge < -0.3 is 16.0 Å². The first-order chi connectivity index (χ1) is 12.9. The van der Waals surface area contributed by atoms with E-state index in [4.69, 9.17) is 5.73 Å². The van der Waals surface area contributed by atoms with Crippen LogP contribution in [0.3, 0.4) is 0 Å². The van der Waals surface area contributed by atoms with Gasteiger partial charge in [0.05, 0.1) is 17.9 Å². The molecule has 0 saturated carbocycles. The van der Waals surface area contributed by atoms with Crippen LogP contribution in [0, 0.1) is 18.8 Å². The number of aryl methyl sites for hydroxylation is 1. The molecule has 0 aliphatic carbocycles. The number of nitrogen functional groups attached to an aromatic ring is 1. The molecule has 142 valence electrons. The molecule has 6 heteroatoms. The molecule has 1 aliphatic rings. The molecular formula is C21H26N4O2. The van der Waals surface area contributed by atoms with Crippen LogP contribution < -0.4 is 11.1 Å². The SMILES string of the molecule is Cc1cc(NC(=O)C(=O)N2C[C@@H](C)[C@@H](C)C[C@H]2c2ccccc2)cnc1N. The van der Waals surface area contributed by atoms with Crippen molar-refractivity contribution >= 4 is 23.3 Å². The molecule has 1 aliphatic heterocycles. The Morgan fingerprint density at radius 2 is 1.89 bits per heavy atom. The number of piperidine rings is 1. The van der Waals surface area contributed by atoms with Gasteiger partial charge in [-0.3, -0.25) is 9.59 Å². The average molecular weight is 366 g/mol. The van der Waals surface area contributed by atoms with E-state index in [1.807, 2.05) is 30.3 Å². The number of carbonyl (C=O) groups is 2. The molecule has 6 nitrogen and oxygen atoms in total. The van der Waals surface area contributed by atoms with E-state index in [0.29, 0.717) is 29.9 Å². The minimum Gasteiger partial charge on any atom is -0.383 e. The number of nitrogens with one attached hydrogen (secondary N) is 1. The Kier molecular flexibility index (Phi) is 5.44. The third-order valence-electron chi connectivity index (χ3n) is 5.44. The minimum atomic E-state index is -0.649. The largest absolute Gasteiger partial charge is 0.383 e. The fourth-order valence-electron chi connectivity index (χ4n) is 3.51. The molecular weight excluding hydrogens is 340 g/mol. The van der Waals surface area contributed by atoms with Crippen LogP contribution in [-0.4, -0.2) is 28.2 Å². The highest BCUT2D eigenvalue weighted by molar-refractivity contribution is 6.39. The number of pyridine rings is 1. The fourth-order valence-corrected chi connectivity index (χ4v) is 3.51. The van der Waals surface area contributed by atoms with Crippen molar-refractivity contribution in [3.05, 3.63) is 53.7 Å². The van der Waals surface area contributed by atoms with Gasteiger partial charge in [0.1, 0.15) is 5.82 Å². The molecule has 1 fully saturated rings. The van der Waals surface area contributed by atoms with E-state index in [0.717, 1.165) is 17.5 Å². The number of rotatable bonds is 2. The molecule has 1 saturated heterocycles. The van der Waals surface area contributed by atoms with Gasteiger partial charge in [-0.25, -0.2) is 4.98 Å². The summed E-state index contributed by atoms with van der Waals surface area (Å²) in [4.78, 5) is 31.3. The van der Waals surface area contributed by atoms with Crippen LogP contribution in [0.5, 0.6) is 0 Å². The Hall–Kier alpha value is -2.89. The zero-order valence-corrected chi connectivity index (χ0v) is 16.0. The number of carbonyl (C=O) groups excluding carboxylic acids is 2. The molecule has 0 spiro atoms. The van der Waals surface area contributed by atoms with Crippen LogP contribution in [0.4, 0.5) is 11.5 Å². The zero-order chi connectivity index (χ0) is 19.6. The predicted molar refractivity (Wildman–Crippen MR) is 106 cm³/mol. The molecule has 0 unspecified atom stereocenters. The standard InChI is InChI=1S/C21H26N4O2/c1-13-10-18(16-7-5-4-6-8-16)25(12-15(13)3)21(27)20(26)24-17-9-14(2)19(22)23-11-17/h4-9,11,13,15,18H,10,12H2,1-3H3,(H2,22,23)(H,24,26)/t13-,15+,18-/m0/s1. The molecule has 2 heterocycles. The van der Waals surface area contributed by atoms with Crippen molar-refractivity contribution < 1.29 is 9.59 Å². The van der Waals surface area contributed by atoms with Crippen LogP contribution >= 0.6 is 0 Å². The summed E-state index contributed by atoms with van der Waals surface area (Å²) in [5.74, 6) is 0.0523. The third kappa shape index (κ3) is 4.10. The second kappa shape index (κ2) is 7.78.